The minimum Gasteiger partial charge on any atom is -0.349 e. The summed E-state index contributed by atoms with van der Waals surface area (Å²) >= 11 is 3.35. The molecule has 1 aromatic heterocycles. The largest absolute Gasteiger partial charge is 0.349 e. The zero-order valence-electron chi connectivity index (χ0n) is 16.4. The van der Waals surface area contributed by atoms with Crippen LogP contribution in [0.25, 0.3) is 6.08 Å². The number of benzene rings is 1. The van der Waals surface area contributed by atoms with Crippen molar-refractivity contribution >= 4 is 45.2 Å². The van der Waals surface area contributed by atoms with Crippen molar-refractivity contribution in [2.75, 3.05) is 10.6 Å². The minimum atomic E-state index is -0.535. The van der Waals surface area contributed by atoms with Crippen molar-refractivity contribution in [3.05, 3.63) is 51.3 Å². The van der Waals surface area contributed by atoms with Crippen LogP contribution in [0.2, 0.25) is 0 Å². The van der Waals surface area contributed by atoms with Crippen molar-refractivity contribution in [3.8, 4) is 6.07 Å². The number of aromatic nitrogens is 1. The van der Waals surface area contributed by atoms with Crippen LogP contribution in [0.1, 0.15) is 37.2 Å². The molecule has 0 aliphatic rings. The molecule has 0 saturated heterocycles. The molecule has 7 heteroatoms. The quantitative estimate of drug-likeness (QED) is 0.498. The maximum Gasteiger partial charge on any atom is 0.266 e. The lowest BCUT2D eigenvalue weighted by molar-refractivity contribution is -0.114. The van der Waals surface area contributed by atoms with Crippen molar-refractivity contribution in [2.45, 2.75) is 40.7 Å². The van der Waals surface area contributed by atoms with Crippen molar-refractivity contribution in [1.29, 1.82) is 5.26 Å². The van der Waals surface area contributed by atoms with Crippen LogP contribution in [-0.2, 0) is 16.1 Å². The molecule has 0 aliphatic heterocycles. The van der Waals surface area contributed by atoms with Crippen LogP contribution in [0.15, 0.2) is 34.3 Å². The summed E-state index contributed by atoms with van der Waals surface area (Å²) in [5.74, 6) is -0.787. The molecule has 0 spiro atoms. The van der Waals surface area contributed by atoms with E-state index in [0.717, 1.165) is 34.4 Å². The molecular formula is C21H23BrN4O2. The Balaban J connectivity index is 2.34. The van der Waals surface area contributed by atoms with Crippen molar-refractivity contribution in [2.24, 2.45) is 0 Å². The number of hydrogen-bond donors (Lipinski definition) is 2. The van der Waals surface area contributed by atoms with E-state index >= 15 is 0 Å². The predicted molar refractivity (Wildman–Crippen MR) is 115 cm³/mol. The Hall–Kier alpha value is -2.85. The Morgan fingerprint density at radius 2 is 1.93 bits per heavy atom. The molecule has 28 heavy (non-hydrogen) atoms. The average Bonchev–Trinajstić information content (AvgIpc) is 2.89. The lowest BCUT2D eigenvalue weighted by Crippen LogP contribution is -2.16. The van der Waals surface area contributed by atoms with E-state index in [1.807, 2.05) is 26.0 Å². The first-order chi connectivity index (χ1) is 13.3. The van der Waals surface area contributed by atoms with E-state index < -0.39 is 5.91 Å². The average molecular weight is 443 g/mol. The number of aryl methyl sites for hydroxylation is 1. The molecule has 0 saturated carbocycles. The standard InChI is InChI=1S/C21H23BrN4O2/c1-5-8-26-13(2)9-16(14(26)3)10-17(12-23)21(28)25-20-11-18(22)6-7-19(20)24-15(4)27/h6-7,9-11H,5,8H2,1-4H3,(H,24,27)(H,25,28)/b17-10-. The third-order valence-corrected chi connectivity index (χ3v) is 4.76. The molecule has 2 N–H and O–H groups in total. The molecular weight excluding hydrogens is 420 g/mol. The fourth-order valence-electron chi connectivity index (χ4n) is 2.95. The second kappa shape index (κ2) is 9.38. The summed E-state index contributed by atoms with van der Waals surface area (Å²) in [7, 11) is 0. The monoisotopic (exact) mass is 442 g/mol. The third-order valence-electron chi connectivity index (χ3n) is 4.27. The van der Waals surface area contributed by atoms with Gasteiger partial charge in [-0.05, 0) is 56.2 Å². The normalized spacial score (nSPS) is 11.1. The summed E-state index contributed by atoms with van der Waals surface area (Å²) in [5.41, 5.74) is 3.80. The molecule has 0 radical (unpaired) electrons. The summed E-state index contributed by atoms with van der Waals surface area (Å²) in [4.78, 5) is 24.1. The molecule has 2 rings (SSSR count). The zero-order valence-corrected chi connectivity index (χ0v) is 18.0. The van der Waals surface area contributed by atoms with E-state index in [1.165, 1.54) is 6.92 Å². The van der Waals surface area contributed by atoms with Crippen LogP contribution in [-0.4, -0.2) is 16.4 Å². The number of nitriles is 1. The van der Waals surface area contributed by atoms with E-state index in [0.29, 0.717) is 11.4 Å². The number of amides is 2. The van der Waals surface area contributed by atoms with Gasteiger partial charge in [0.1, 0.15) is 11.6 Å². The van der Waals surface area contributed by atoms with E-state index in [2.05, 4.69) is 38.1 Å². The van der Waals surface area contributed by atoms with Gasteiger partial charge in [-0.2, -0.15) is 5.26 Å². The fourth-order valence-corrected chi connectivity index (χ4v) is 3.31. The van der Waals surface area contributed by atoms with Crippen LogP contribution in [0.4, 0.5) is 11.4 Å². The van der Waals surface area contributed by atoms with Gasteiger partial charge < -0.3 is 15.2 Å². The predicted octanol–water partition coefficient (Wildman–Crippen LogP) is 4.78. The number of anilines is 2. The lowest BCUT2D eigenvalue weighted by atomic mass is 10.1. The van der Waals surface area contributed by atoms with Gasteiger partial charge in [0.25, 0.3) is 5.91 Å². The summed E-state index contributed by atoms with van der Waals surface area (Å²) in [6.07, 6.45) is 2.60. The smallest absolute Gasteiger partial charge is 0.266 e. The highest BCUT2D eigenvalue weighted by Crippen LogP contribution is 2.27. The Kier molecular flexibility index (Phi) is 7.18. The Morgan fingerprint density at radius 3 is 2.54 bits per heavy atom. The van der Waals surface area contributed by atoms with Gasteiger partial charge in [0.05, 0.1) is 11.4 Å². The summed E-state index contributed by atoms with van der Waals surface area (Å²) in [5, 5.41) is 14.9. The van der Waals surface area contributed by atoms with Crippen LogP contribution in [0, 0.1) is 25.2 Å². The van der Waals surface area contributed by atoms with Gasteiger partial charge >= 0.3 is 0 Å². The molecule has 2 aromatic rings. The Bertz CT molecular complexity index is 983. The van der Waals surface area contributed by atoms with Gasteiger partial charge in [0.2, 0.25) is 5.91 Å². The van der Waals surface area contributed by atoms with Gasteiger partial charge in [0.15, 0.2) is 0 Å². The molecule has 1 aromatic carbocycles. The van der Waals surface area contributed by atoms with E-state index in [4.69, 9.17) is 0 Å². The molecule has 6 nitrogen and oxygen atoms in total. The molecule has 1 heterocycles. The molecule has 2 amide bonds. The van der Waals surface area contributed by atoms with Gasteiger partial charge in [-0.25, -0.2) is 0 Å². The second-order valence-corrected chi connectivity index (χ2v) is 7.39. The van der Waals surface area contributed by atoms with Crippen molar-refractivity contribution in [1.82, 2.24) is 4.57 Å². The SMILES string of the molecule is CCCn1c(C)cc(/C=C(/C#N)C(=O)Nc2cc(Br)ccc2NC(C)=O)c1C. The maximum absolute atomic E-state index is 12.7. The van der Waals surface area contributed by atoms with Crippen LogP contribution < -0.4 is 10.6 Å². The summed E-state index contributed by atoms with van der Waals surface area (Å²) in [6, 6.07) is 9.05. The second-order valence-electron chi connectivity index (χ2n) is 6.47. The number of nitrogens with one attached hydrogen (secondary N) is 2. The van der Waals surface area contributed by atoms with Crippen LogP contribution in [0.3, 0.4) is 0 Å². The first-order valence-corrected chi connectivity index (χ1v) is 9.73. The van der Waals surface area contributed by atoms with E-state index in [-0.39, 0.29) is 11.5 Å². The van der Waals surface area contributed by atoms with E-state index in [9.17, 15) is 14.9 Å². The number of halogens is 1. The Morgan fingerprint density at radius 1 is 1.21 bits per heavy atom. The maximum atomic E-state index is 12.7. The van der Waals surface area contributed by atoms with Gasteiger partial charge in [-0.3, -0.25) is 9.59 Å². The Labute approximate surface area is 173 Å². The number of nitrogens with zero attached hydrogens (tertiary/aromatic N) is 2. The highest BCUT2D eigenvalue weighted by molar-refractivity contribution is 9.10. The first-order valence-electron chi connectivity index (χ1n) is 8.93. The van der Waals surface area contributed by atoms with Gasteiger partial charge in [0, 0.05) is 29.3 Å². The number of rotatable bonds is 6. The number of carbonyl (C=O) groups is 2. The molecule has 0 aliphatic carbocycles. The van der Waals surface area contributed by atoms with Crippen molar-refractivity contribution < 1.29 is 9.59 Å². The topological polar surface area (TPSA) is 86.9 Å². The molecule has 0 fully saturated rings. The highest BCUT2D eigenvalue weighted by Gasteiger charge is 2.15. The van der Waals surface area contributed by atoms with E-state index in [1.54, 1.807) is 24.3 Å². The molecule has 0 unspecified atom stereocenters. The molecule has 146 valence electrons. The number of hydrogen-bond acceptors (Lipinski definition) is 3. The highest BCUT2D eigenvalue weighted by atomic mass is 79.9. The van der Waals surface area contributed by atoms with Gasteiger partial charge in [-0.15, -0.1) is 0 Å². The summed E-state index contributed by atoms with van der Waals surface area (Å²) < 4.78 is 2.91. The first kappa shape index (κ1) is 21.5. The zero-order chi connectivity index (χ0) is 20.8. The van der Waals surface area contributed by atoms with Gasteiger partial charge in [-0.1, -0.05) is 22.9 Å². The molecule has 0 bridgehead atoms. The number of carbonyl (C=O) groups excluding carboxylic acids is 2. The van der Waals surface area contributed by atoms with Crippen LogP contribution in [0.5, 0.6) is 0 Å². The fraction of sp³-hybridized carbons (Fsp3) is 0.286. The third kappa shape index (κ3) is 5.11. The minimum absolute atomic E-state index is 0.00880. The van der Waals surface area contributed by atoms with Crippen molar-refractivity contribution in [3.63, 3.8) is 0 Å². The lowest BCUT2D eigenvalue weighted by Gasteiger charge is -2.12. The van der Waals surface area contributed by atoms with Crippen LogP contribution >= 0.6 is 15.9 Å². The molecule has 0 atom stereocenters. The summed E-state index contributed by atoms with van der Waals surface area (Å²) in [6.45, 7) is 8.36.